The highest BCUT2D eigenvalue weighted by atomic mass is 14.5. The fourth-order valence-electron chi connectivity index (χ4n) is 6.75. The quantitative estimate of drug-likeness (QED) is 0.574. The molecule has 0 N–H and O–H groups in total. The number of fused-ring (bicyclic) bond motifs is 4. The van der Waals surface area contributed by atoms with Crippen LogP contribution in [0.25, 0.3) is 0 Å². The van der Waals surface area contributed by atoms with Crippen LogP contribution in [0.5, 0.6) is 0 Å². The fraction of sp³-hybridized carbons (Fsp3) is 0.583. The summed E-state index contributed by atoms with van der Waals surface area (Å²) in [5, 5.41) is 0. The zero-order chi connectivity index (χ0) is 16.0. The van der Waals surface area contributed by atoms with E-state index in [9.17, 15) is 0 Å². The Hall–Kier alpha value is -1.30. The average molecular weight is 319 g/mol. The van der Waals surface area contributed by atoms with Crippen LogP contribution in [0, 0.1) is 17.3 Å². The standard InChI is InChI=1S/C24H30/c1-2-7-18(8-3-1)17-24-15-6-11-23(24)22-13-12-19-9-4-5-10-20(19)21(22)14-16-24/h1-3,7-9,22-23H,4-6,10-17H2/t22-,23+,24+/m1/s1. The molecule has 1 aromatic rings. The van der Waals surface area contributed by atoms with Crippen LogP contribution < -0.4 is 0 Å². The highest BCUT2D eigenvalue weighted by Gasteiger charge is 2.50. The van der Waals surface area contributed by atoms with Gasteiger partial charge in [0.05, 0.1) is 0 Å². The molecule has 2 fully saturated rings. The third-order valence-electron chi connectivity index (χ3n) is 7.72. The second-order valence-corrected chi connectivity index (χ2v) is 8.79. The van der Waals surface area contributed by atoms with E-state index in [-0.39, 0.29) is 0 Å². The molecule has 0 saturated heterocycles. The number of hydrogen-bond donors (Lipinski definition) is 0. The maximum atomic E-state index is 2.57. The molecular weight excluding hydrogens is 288 g/mol. The molecule has 4 aliphatic rings. The third kappa shape index (κ3) is 2.33. The van der Waals surface area contributed by atoms with Gasteiger partial charge in [0.1, 0.15) is 0 Å². The Kier molecular flexibility index (Phi) is 3.69. The predicted molar refractivity (Wildman–Crippen MR) is 101 cm³/mol. The van der Waals surface area contributed by atoms with Gasteiger partial charge in [-0.15, -0.1) is 0 Å². The summed E-state index contributed by atoms with van der Waals surface area (Å²) in [4.78, 5) is 0. The Morgan fingerprint density at radius 2 is 1.83 bits per heavy atom. The molecule has 0 radical (unpaired) electrons. The van der Waals surface area contributed by atoms with Crippen LogP contribution in [-0.2, 0) is 6.42 Å². The first-order valence-electron chi connectivity index (χ1n) is 10.3. The van der Waals surface area contributed by atoms with Crippen molar-refractivity contribution in [3.63, 3.8) is 0 Å². The van der Waals surface area contributed by atoms with Crippen LogP contribution in [0.3, 0.4) is 0 Å². The maximum Gasteiger partial charge on any atom is -0.0160 e. The van der Waals surface area contributed by atoms with Gasteiger partial charge >= 0.3 is 0 Å². The van der Waals surface area contributed by atoms with E-state index >= 15 is 0 Å². The molecular formula is C24H30. The summed E-state index contributed by atoms with van der Waals surface area (Å²) in [6.07, 6.45) is 18.1. The van der Waals surface area contributed by atoms with Crippen molar-refractivity contribution >= 4 is 0 Å². The lowest BCUT2D eigenvalue weighted by Gasteiger charge is -2.49. The highest BCUT2D eigenvalue weighted by Crippen LogP contribution is 2.61. The molecule has 0 aliphatic heterocycles. The van der Waals surface area contributed by atoms with Crippen molar-refractivity contribution in [2.24, 2.45) is 17.3 Å². The predicted octanol–water partition coefficient (Wildman–Crippen LogP) is 6.63. The summed E-state index contributed by atoms with van der Waals surface area (Å²) in [5.74, 6) is 1.90. The van der Waals surface area contributed by atoms with E-state index in [0.717, 1.165) is 11.8 Å². The van der Waals surface area contributed by atoms with Crippen LogP contribution in [0.15, 0.2) is 53.1 Å². The summed E-state index contributed by atoms with van der Waals surface area (Å²) in [7, 11) is 0. The van der Waals surface area contributed by atoms with Crippen LogP contribution in [0.1, 0.15) is 69.8 Å². The summed E-state index contributed by atoms with van der Waals surface area (Å²) < 4.78 is 0. The molecule has 3 atom stereocenters. The second kappa shape index (κ2) is 5.90. The minimum Gasteiger partial charge on any atom is -0.0810 e. The van der Waals surface area contributed by atoms with Gasteiger partial charge in [-0.1, -0.05) is 48.4 Å². The zero-order valence-corrected chi connectivity index (χ0v) is 14.9. The van der Waals surface area contributed by atoms with Crippen molar-refractivity contribution in [3.05, 3.63) is 58.7 Å². The molecule has 0 heteroatoms. The Bertz CT molecular complexity index is 677. The molecule has 0 unspecified atom stereocenters. The maximum absolute atomic E-state index is 2.57. The smallest absolute Gasteiger partial charge is 0.0160 e. The molecule has 24 heavy (non-hydrogen) atoms. The van der Waals surface area contributed by atoms with E-state index in [2.05, 4.69) is 36.4 Å². The van der Waals surface area contributed by atoms with E-state index in [1.807, 2.05) is 11.1 Å². The molecule has 4 aliphatic carbocycles. The van der Waals surface area contributed by atoms with Gasteiger partial charge < -0.3 is 0 Å². The van der Waals surface area contributed by atoms with Crippen LogP contribution in [-0.4, -0.2) is 0 Å². The first kappa shape index (κ1) is 15.0. The summed E-state index contributed by atoms with van der Waals surface area (Å²) in [6, 6.07) is 11.3. The SMILES string of the molecule is C1=C2CC[C@@H]3C(=C2CCC1)CC[C@]1(Cc2ccccc2)CCC[C@@H]31. The largest absolute Gasteiger partial charge is 0.0810 e. The minimum atomic E-state index is 0.617. The van der Waals surface area contributed by atoms with Gasteiger partial charge in [0, 0.05) is 0 Å². The number of rotatable bonds is 2. The normalized spacial score (nSPS) is 35.1. The van der Waals surface area contributed by atoms with Gasteiger partial charge in [0.2, 0.25) is 0 Å². The summed E-state index contributed by atoms with van der Waals surface area (Å²) in [5.41, 5.74) is 7.70. The molecule has 0 nitrogen and oxygen atoms in total. The second-order valence-electron chi connectivity index (χ2n) is 8.79. The summed E-state index contributed by atoms with van der Waals surface area (Å²) in [6.45, 7) is 0. The Morgan fingerprint density at radius 3 is 2.75 bits per heavy atom. The van der Waals surface area contributed by atoms with E-state index in [1.54, 1.807) is 11.1 Å². The first-order valence-corrected chi connectivity index (χ1v) is 10.3. The average Bonchev–Trinajstić information content (AvgIpc) is 3.06. The Morgan fingerprint density at radius 1 is 0.917 bits per heavy atom. The van der Waals surface area contributed by atoms with Gasteiger partial charge in [-0.2, -0.15) is 0 Å². The van der Waals surface area contributed by atoms with Crippen molar-refractivity contribution in [3.8, 4) is 0 Å². The van der Waals surface area contributed by atoms with Crippen LogP contribution in [0.4, 0.5) is 0 Å². The topological polar surface area (TPSA) is 0 Å². The monoisotopic (exact) mass is 318 g/mol. The van der Waals surface area contributed by atoms with E-state index in [1.165, 1.54) is 70.6 Å². The van der Waals surface area contributed by atoms with E-state index in [0.29, 0.717) is 5.41 Å². The minimum absolute atomic E-state index is 0.617. The number of hydrogen-bond acceptors (Lipinski definition) is 0. The fourth-order valence-corrected chi connectivity index (χ4v) is 6.75. The molecule has 0 spiro atoms. The molecule has 0 bridgehead atoms. The Labute approximate surface area is 147 Å². The molecule has 0 heterocycles. The lowest BCUT2D eigenvalue weighted by Crippen LogP contribution is -2.40. The Balaban J connectivity index is 1.49. The van der Waals surface area contributed by atoms with Gasteiger partial charge in [-0.25, -0.2) is 0 Å². The van der Waals surface area contributed by atoms with Gasteiger partial charge in [-0.05, 0) is 98.2 Å². The van der Waals surface area contributed by atoms with Crippen molar-refractivity contribution in [2.75, 3.05) is 0 Å². The van der Waals surface area contributed by atoms with Crippen LogP contribution >= 0.6 is 0 Å². The molecule has 0 amide bonds. The number of benzene rings is 1. The molecule has 2 saturated carbocycles. The first-order chi connectivity index (χ1) is 11.9. The van der Waals surface area contributed by atoms with Gasteiger partial charge in [-0.3, -0.25) is 0 Å². The van der Waals surface area contributed by atoms with Crippen molar-refractivity contribution in [1.82, 2.24) is 0 Å². The van der Waals surface area contributed by atoms with Crippen molar-refractivity contribution in [1.29, 1.82) is 0 Å². The van der Waals surface area contributed by atoms with Gasteiger partial charge in [0.15, 0.2) is 0 Å². The van der Waals surface area contributed by atoms with Gasteiger partial charge in [0.25, 0.3) is 0 Å². The molecule has 5 rings (SSSR count). The third-order valence-corrected chi connectivity index (χ3v) is 7.72. The number of allylic oxidation sites excluding steroid dienone is 4. The zero-order valence-electron chi connectivity index (χ0n) is 14.9. The molecule has 1 aromatic carbocycles. The molecule has 126 valence electrons. The lowest BCUT2D eigenvalue weighted by atomic mass is 9.56. The van der Waals surface area contributed by atoms with E-state index in [4.69, 9.17) is 0 Å². The van der Waals surface area contributed by atoms with Crippen molar-refractivity contribution in [2.45, 2.75) is 70.6 Å². The lowest BCUT2D eigenvalue weighted by molar-refractivity contribution is 0.0976. The highest BCUT2D eigenvalue weighted by molar-refractivity contribution is 5.42. The van der Waals surface area contributed by atoms with Crippen LogP contribution in [0.2, 0.25) is 0 Å². The van der Waals surface area contributed by atoms with Crippen molar-refractivity contribution < 1.29 is 0 Å². The molecule has 0 aromatic heterocycles. The van der Waals surface area contributed by atoms with E-state index < -0.39 is 0 Å². The summed E-state index contributed by atoms with van der Waals surface area (Å²) >= 11 is 0.